The van der Waals surface area contributed by atoms with Crippen molar-refractivity contribution in [2.24, 2.45) is 0 Å². The summed E-state index contributed by atoms with van der Waals surface area (Å²) >= 11 is 0. The van der Waals surface area contributed by atoms with E-state index in [0.717, 1.165) is 18.5 Å². The first-order valence-electron chi connectivity index (χ1n) is 9.47. The van der Waals surface area contributed by atoms with Gasteiger partial charge in [0.05, 0.1) is 12.2 Å². The fraction of sp³-hybridized carbons (Fsp3) is 0.381. The molecule has 142 valence electrons. The summed E-state index contributed by atoms with van der Waals surface area (Å²) in [4.78, 5) is 28.4. The van der Waals surface area contributed by atoms with E-state index in [1.807, 2.05) is 0 Å². The van der Waals surface area contributed by atoms with Crippen LogP contribution in [0, 0.1) is 0 Å². The van der Waals surface area contributed by atoms with Gasteiger partial charge in [0.1, 0.15) is 5.82 Å². The number of pyridine rings is 1. The van der Waals surface area contributed by atoms with Crippen LogP contribution in [0.1, 0.15) is 59.7 Å². The maximum absolute atomic E-state index is 12.5. The third kappa shape index (κ3) is 5.29. The van der Waals surface area contributed by atoms with E-state index < -0.39 is 0 Å². The van der Waals surface area contributed by atoms with Gasteiger partial charge in [0.25, 0.3) is 5.91 Å². The number of hydrogen-bond acceptors (Lipinski definition) is 5. The number of benzene rings is 1. The van der Waals surface area contributed by atoms with Crippen molar-refractivity contribution in [2.75, 3.05) is 11.9 Å². The van der Waals surface area contributed by atoms with Crippen molar-refractivity contribution < 1.29 is 14.3 Å². The minimum absolute atomic E-state index is 0.0648. The number of aromatic nitrogens is 1. The van der Waals surface area contributed by atoms with Gasteiger partial charge in [-0.3, -0.25) is 4.79 Å². The van der Waals surface area contributed by atoms with Crippen LogP contribution in [0.5, 0.6) is 0 Å². The fourth-order valence-electron chi connectivity index (χ4n) is 3.21. The number of amides is 1. The van der Waals surface area contributed by atoms with Crippen molar-refractivity contribution >= 4 is 23.4 Å². The Balaban J connectivity index is 1.63. The molecule has 0 spiro atoms. The second-order valence-corrected chi connectivity index (χ2v) is 6.66. The minimum Gasteiger partial charge on any atom is -0.462 e. The molecular formula is C21H25N3O3. The lowest BCUT2D eigenvalue weighted by Crippen LogP contribution is -2.36. The first-order chi connectivity index (χ1) is 13.2. The van der Waals surface area contributed by atoms with Crippen molar-refractivity contribution in [1.29, 1.82) is 0 Å². The molecule has 2 N–H and O–H groups in total. The Morgan fingerprint density at radius 2 is 1.81 bits per heavy atom. The van der Waals surface area contributed by atoms with E-state index in [2.05, 4.69) is 15.6 Å². The number of carbonyl (C=O) groups excluding carboxylic acids is 2. The summed E-state index contributed by atoms with van der Waals surface area (Å²) in [5.74, 6) is 0.170. The molecule has 0 atom stereocenters. The normalized spacial score (nSPS) is 14.4. The van der Waals surface area contributed by atoms with Crippen LogP contribution in [0.2, 0.25) is 0 Å². The van der Waals surface area contributed by atoms with Crippen LogP contribution in [0.25, 0.3) is 0 Å². The number of ether oxygens (including phenoxy) is 1. The molecule has 6 heteroatoms. The monoisotopic (exact) mass is 367 g/mol. The molecule has 1 aromatic heterocycles. The van der Waals surface area contributed by atoms with Gasteiger partial charge in [-0.25, -0.2) is 9.78 Å². The lowest BCUT2D eigenvalue weighted by molar-refractivity contribution is 0.0526. The maximum Gasteiger partial charge on any atom is 0.338 e. The molecule has 0 aliphatic heterocycles. The molecule has 6 nitrogen and oxygen atoms in total. The van der Waals surface area contributed by atoms with Gasteiger partial charge >= 0.3 is 5.97 Å². The van der Waals surface area contributed by atoms with E-state index in [9.17, 15) is 9.59 Å². The van der Waals surface area contributed by atoms with E-state index in [1.165, 1.54) is 19.3 Å². The zero-order valence-corrected chi connectivity index (χ0v) is 15.5. The van der Waals surface area contributed by atoms with Crippen LogP contribution >= 0.6 is 0 Å². The zero-order chi connectivity index (χ0) is 19.1. The largest absolute Gasteiger partial charge is 0.462 e. The number of hydrogen-bond donors (Lipinski definition) is 2. The van der Waals surface area contributed by atoms with E-state index in [1.54, 1.807) is 49.5 Å². The molecule has 1 aliphatic rings. The lowest BCUT2D eigenvalue weighted by atomic mass is 9.95. The fourth-order valence-corrected chi connectivity index (χ4v) is 3.21. The lowest BCUT2D eigenvalue weighted by Gasteiger charge is -2.22. The van der Waals surface area contributed by atoms with Crippen molar-refractivity contribution in [2.45, 2.75) is 45.1 Å². The average molecular weight is 367 g/mol. The van der Waals surface area contributed by atoms with Crippen LogP contribution < -0.4 is 10.6 Å². The molecule has 3 rings (SSSR count). The highest BCUT2D eigenvalue weighted by atomic mass is 16.5. The van der Waals surface area contributed by atoms with Gasteiger partial charge in [-0.1, -0.05) is 19.3 Å². The molecule has 2 aromatic rings. The number of carbonyl (C=O) groups is 2. The van der Waals surface area contributed by atoms with Crippen LogP contribution in [-0.4, -0.2) is 29.5 Å². The van der Waals surface area contributed by atoms with Crippen LogP contribution in [0.4, 0.5) is 11.5 Å². The molecular weight excluding hydrogens is 342 g/mol. The van der Waals surface area contributed by atoms with Crippen molar-refractivity contribution in [3.05, 3.63) is 53.7 Å². The average Bonchev–Trinajstić information content (AvgIpc) is 2.70. The minimum atomic E-state index is -0.344. The van der Waals surface area contributed by atoms with E-state index in [4.69, 9.17) is 4.74 Å². The number of anilines is 2. The highest BCUT2D eigenvalue weighted by Crippen LogP contribution is 2.19. The van der Waals surface area contributed by atoms with Crippen LogP contribution in [-0.2, 0) is 4.74 Å². The molecule has 0 radical (unpaired) electrons. The standard InChI is InChI=1S/C21H25N3O3/c1-2-27-21(26)15-8-10-18(11-9-15)23-19-14-16(12-13-22-19)20(25)24-17-6-4-3-5-7-17/h8-14,17H,2-7H2,1H3,(H,22,23)(H,24,25). The quantitative estimate of drug-likeness (QED) is 0.753. The second-order valence-electron chi connectivity index (χ2n) is 6.66. The smallest absolute Gasteiger partial charge is 0.338 e. The Labute approximate surface area is 159 Å². The number of rotatable bonds is 6. The summed E-state index contributed by atoms with van der Waals surface area (Å²) in [5, 5.41) is 6.27. The molecule has 0 saturated heterocycles. The van der Waals surface area contributed by atoms with Gasteiger partial charge in [0, 0.05) is 23.5 Å². The summed E-state index contributed by atoms with van der Waals surface area (Å²) in [5.41, 5.74) is 1.86. The third-order valence-electron chi connectivity index (χ3n) is 4.63. The van der Waals surface area contributed by atoms with Gasteiger partial charge in [0.2, 0.25) is 0 Å². The SMILES string of the molecule is CCOC(=O)c1ccc(Nc2cc(C(=O)NC3CCCCC3)ccn2)cc1. The highest BCUT2D eigenvalue weighted by molar-refractivity contribution is 5.95. The first kappa shape index (κ1) is 18.9. The van der Waals surface area contributed by atoms with E-state index in [0.29, 0.717) is 23.6 Å². The Morgan fingerprint density at radius 1 is 1.07 bits per heavy atom. The van der Waals surface area contributed by atoms with E-state index in [-0.39, 0.29) is 17.9 Å². The molecule has 27 heavy (non-hydrogen) atoms. The Hall–Kier alpha value is -2.89. The van der Waals surface area contributed by atoms with Gasteiger partial charge in [-0.05, 0) is 56.2 Å². The summed E-state index contributed by atoms with van der Waals surface area (Å²) in [6, 6.07) is 10.7. The van der Waals surface area contributed by atoms with Crippen molar-refractivity contribution in [3.8, 4) is 0 Å². The second kappa shape index (κ2) is 9.16. The van der Waals surface area contributed by atoms with Gasteiger partial charge in [-0.2, -0.15) is 0 Å². The van der Waals surface area contributed by atoms with Gasteiger partial charge in [0.15, 0.2) is 0 Å². The summed E-state index contributed by atoms with van der Waals surface area (Å²) in [6.45, 7) is 2.12. The molecule has 1 saturated carbocycles. The topological polar surface area (TPSA) is 80.3 Å². The molecule has 1 fully saturated rings. The summed E-state index contributed by atoms with van der Waals surface area (Å²) in [7, 11) is 0. The van der Waals surface area contributed by atoms with Crippen molar-refractivity contribution in [1.82, 2.24) is 10.3 Å². The predicted octanol–water partition coefficient (Wildman–Crippen LogP) is 4.06. The molecule has 1 heterocycles. The van der Waals surface area contributed by atoms with Crippen molar-refractivity contribution in [3.63, 3.8) is 0 Å². The Kier molecular flexibility index (Phi) is 6.41. The number of nitrogens with zero attached hydrogens (tertiary/aromatic N) is 1. The molecule has 1 aliphatic carbocycles. The summed E-state index contributed by atoms with van der Waals surface area (Å²) in [6.07, 6.45) is 7.32. The molecule has 1 aromatic carbocycles. The zero-order valence-electron chi connectivity index (χ0n) is 15.5. The van der Waals surface area contributed by atoms with Gasteiger partial charge in [-0.15, -0.1) is 0 Å². The van der Waals surface area contributed by atoms with Crippen LogP contribution in [0.3, 0.4) is 0 Å². The Bertz CT molecular complexity index is 784. The Morgan fingerprint density at radius 3 is 2.52 bits per heavy atom. The maximum atomic E-state index is 12.5. The highest BCUT2D eigenvalue weighted by Gasteiger charge is 2.17. The molecule has 0 unspecified atom stereocenters. The predicted molar refractivity (Wildman–Crippen MR) is 104 cm³/mol. The van der Waals surface area contributed by atoms with Gasteiger partial charge < -0.3 is 15.4 Å². The third-order valence-corrected chi connectivity index (χ3v) is 4.63. The molecule has 0 bridgehead atoms. The number of nitrogens with one attached hydrogen (secondary N) is 2. The summed E-state index contributed by atoms with van der Waals surface area (Å²) < 4.78 is 4.97. The first-order valence-corrected chi connectivity index (χ1v) is 9.47. The van der Waals surface area contributed by atoms with Crippen LogP contribution in [0.15, 0.2) is 42.6 Å². The van der Waals surface area contributed by atoms with E-state index >= 15 is 0 Å². The number of esters is 1. The molecule has 1 amide bonds.